The van der Waals surface area contributed by atoms with Crippen molar-refractivity contribution in [2.24, 2.45) is 0 Å². The van der Waals surface area contributed by atoms with Crippen LogP contribution in [-0.2, 0) is 6.54 Å². The first-order valence-electron chi connectivity index (χ1n) is 8.36. The fourth-order valence-electron chi connectivity index (χ4n) is 3.39. The molecule has 0 bridgehead atoms. The van der Waals surface area contributed by atoms with Gasteiger partial charge in [0.1, 0.15) is 5.75 Å². The van der Waals surface area contributed by atoms with Gasteiger partial charge in [0.05, 0.1) is 24.5 Å². The maximum Gasteiger partial charge on any atom is 0.142 e. The Morgan fingerprint density at radius 2 is 1.92 bits per heavy atom. The summed E-state index contributed by atoms with van der Waals surface area (Å²) in [5.74, 6) is 0.955. The summed E-state index contributed by atoms with van der Waals surface area (Å²) in [4.78, 5) is 4.92. The number of benzene rings is 2. The van der Waals surface area contributed by atoms with Gasteiger partial charge in [-0.25, -0.2) is 0 Å². The van der Waals surface area contributed by atoms with Crippen molar-refractivity contribution in [2.45, 2.75) is 6.54 Å². The van der Waals surface area contributed by atoms with E-state index in [1.807, 2.05) is 18.3 Å². The molecule has 2 heterocycles. The van der Waals surface area contributed by atoms with E-state index < -0.39 is 0 Å². The lowest BCUT2D eigenvalue weighted by molar-refractivity contribution is 0.249. The average Bonchev–Trinajstić information content (AvgIpc) is 3.10. The molecule has 0 unspecified atom stereocenters. The van der Waals surface area contributed by atoms with Crippen LogP contribution in [0.2, 0.25) is 0 Å². The molecule has 0 amide bonds. The number of methoxy groups -OCH3 is 1. The van der Waals surface area contributed by atoms with Crippen LogP contribution in [0.25, 0.3) is 10.9 Å². The summed E-state index contributed by atoms with van der Waals surface area (Å²) >= 11 is 0. The molecule has 3 aromatic rings. The summed E-state index contributed by atoms with van der Waals surface area (Å²) in [6.45, 7) is 5.15. The van der Waals surface area contributed by atoms with Gasteiger partial charge in [0, 0.05) is 38.1 Å². The first-order valence-corrected chi connectivity index (χ1v) is 8.36. The number of anilines is 1. The Hall–Kier alpha value is -2.53. The van der Waals surface area contributed by atoms with Crippen LogP contribution in [0.1, 0.15) is 5.56 Å². The number of aromatic nitrogens is 2. The van der Waals surface area contributed by atoms with Crippen LogP contribution in [0.4, 0.5) is 5.69 Å². The van der Waals surface area contributed by atoms with E-state index in [1.54, 1.807) is 7.11 Å². The number of hydrogen-bond donors (Lipinski definition) is 1. The van der Waals surface area contributed by atoms with E-state index in [-0.39, 0.29) is 0 Å². The lowest BCUT2D eigenvalue weighted by Gasteiger charge is -2.36. The van der Waals surface area contributed by atoms with Crippen LogP contribution < -0.4 is 9.64 Å². The van der Waals surface area contributed by atoms with Gasteiger partial charge >= 0.3 is 0 Å². The molecule has 124 valence electrons. The molecule has 0 aliphatic carbocycles. The van der Waals surface area contributed by atoms with Gasteiger partial charge < -0.3 is 9.64 Å². The number of ether oxygens (including phenoxy) is 1. The zero-order valence-electron chi connectivity index (χ0n) is 13.9. The number of nitrogens with zero attached hydrogens (tertiary/aromatic N) is 3. The van der Waals surface area contributed by atoms with Gasteiger partial charge in [-0.3, -0.25) is 10.00 Å². The lowest BCUT2D eigenvalue weighted by Crippen LogP contribution is -2.46. The summed E-state index contributed by atoms with van der Waals surface area (Å²) in [5, 5.41) is 8.28. The number of hydrogen-bond acceptors (Lipinski definition) is 4. The van der Waals surface area contributed by atoms with Gasteiger partial charge in [0.25, 0.3) is 0 Å². The van der Waals surface area contributed by atoms with Gasteiger partial charge in [-0.2, -0.15) is 5.10 Å². The van der Waals surface area contributed by atoms with E-state index in [9.17, 15) is 0 Å². The van der Waals surface area contributed by atoms with E-state index in [4.69, 9.17) is 4.74 Å². The lowest BCUT2D eigenvalue weighted by atomic mass is 10.1. The zero-order valence-corrected chi connectivity index (χ0v) is 13.9. The molecule has 1 saturated heterocycles. The molecule has 0 spiro atoms. The van der Waals surface area contributed by atoms with Crippen molar-refractivity contribution in [3.63, 3.8) is 0 Å². The standard InChI is InChI=1S/C19H22N4O/c1-24-19-5-3-2-4-18(19)23-10-8-22(9-11-23)14-15-6-7-17-16(12-15)13-20-21-17/h2-7,12-13H,8-11,14H2,1H3,(H,20,21). The maximum absolute atomic E-state index is 5.49. The molecule has 1 aliphatic rings. The topological polar surface area (TPSA) is 44.4 Å². The van der Waals surface area contributed by atoms with E-state index in [1.165, 1.54) is 16.6 Å². The van der Waals surface area contributed by atoms with Crippen molar-refractivity contribution in [3.8, 4) is 5.75 Å². The Labute approximate surface area is 141 Å². The average molecular weight is 322 g/mol. The highest BCUT2D eigenvalue weighted by atomic mass is 16.5. The SMILES string of the molecule is COc1ccccc1N1CCN(Cc2ccc3[nH]ncc3c2)CC1. The minimum absolute atomic E-state index is 0.955. The second-order valence-electron chi connectivity index (χ2n) is 6.23. The molecule has 5 nitrogen and oxygen atoms in total. The Kier molecular flexibility index (Phi) is 4.09. The van der Waals surface area contributed by atoms with E-state index in [0.29, 0.717) is 0 Å². The molecule has 0 saturated carbocycles. The van der Waals surface area contributed by atoms with Crippen molar-refractivity contribution in [1.29, 1.82) is 0 Å². The van der Waals surface area contributed by atoms with E-state index in [0.717, 1.165) is 44.0 Å². The summed E-state index contributed by atoms with van der Waals surface area (Å²) in [5.41, 5.74) is 3.63. The van der Waals surface area contributed by atoms with Gasteiger partial charge in [-0.1, -0.05) is 18.2 Å². The molecule has 1 N–H and O–H groups in total. The molecular formula is C19H22N4O. The summed E-state index contributed by atoms with van der Waals surface area (Å²) < 4.78 is 5.49. The molecule has 5 heteroatoms. The fourth-order valence-corrected chi connectivity index (χ4v) is 3.39. The Balaban J connectivity index is 1.40. The summed E-state index contributed by atoms with van der Waals surface area (Å²) in [6.07, 6.45) is 1.89. The van der Waals surface area contributed by atoms with Gasteiger partial charge in [0.2, 0.25) is 0 Å². The molecule has 4 rings (SSSR count). The third kappa shape index (κ3) is 2.95. The molecule has 0 atom stereocenters. The van der Waals surface area contributed by atoms with Crippen molar-refractivity contribution in [3.05, 3.63) is 54.2 Å². The van der Waals surface area contributed by atoms with Crippen LogP contribution in [0.5, 0.6) is 5.75 Å². The van der Waals surface area contributed by atoms with Crippen LogP contribution in [-0.4, -0.2) is 48.4 Å². The van der Waals surface area contributed by atoms with Crippen LogP contribution in [0, 0.1) is 0 Å². The van der Waals surface area contributed by atoms with Gasteiger partial charge in [0.15, 0.2) is 0 Å². The normalized spacial score (nSPS) is 15.8. The monoisotopic (exact) mass is 322 g/mol. The molecule has 1 aliphatic heterocycles. The highest BCUT2D eigenvalue weighted by Crippen LogP contribution is 2.28. The maximum atomic E-state index is 5.49. The molecule has 0 radical (unpaired) electrons. The molecule has 1 fully saturated rings. The van der Waals surface area contributed by atoms with Crippen molar-refractivity contribution in [1.82, 2.24) is 15.1 Å². The summed E-state index contributed by atoms with van der Waals surface area (Å²) in [7, 11) is 1.74. The second kappa shape index (κ2) is 6.53. The number of aromatic amines is 1. The highest BCUT2D eigenvalue weighted by Gasteiger charge is 2.19. The van der Waals surface area contributed by atoms with Crippen LogP contribution >= 0.6 is 0 Å². The van der Waals surface area contributed by atoms with Crippen molar-refractivity contribution < 1.29 is 4.74 Å². The molecule has 24 heavy (non-hydrogen) atoms. The molecule has 2 aromatic carbocycles. The molecule has 1 aromatic heterocycles. The smallest absolute Gasteiger partial charge is 0.142 e. The third-order valence-corrected chi connectivity index (χ3v) is 4.71. The number of nitrogens with one attached hydrogen (secondary N) is 1. The van der Waals surface area contributed by atoms with Gasteiger partial charge in [-0.05, 0) is 29.8 Å². The minimum atomic E-state index is 0.955. The Morgan fingerprint density at radius 1 is 1.08 bits per heavy atom. The highest BCUT2D eigenvalue weighted by molar-refractivity contribution is 5.78. The predicted molar refractivity (Wildman–Crippen MR) is 96.6 cm³/mol. The summed E-state index contributed by atoms with van der Waals surface area (Å²) in [6, 6.07) is 14.8. The Bertz CT molecular complexity index is 821. The first kappa shape index (κ1) is 15.0. The number of fused-ring (bicyclic) bond motifs is 1. The van der Waals surface area contributed by atoms with Gasteiger partial charge in [-0.15, -0.1) is 0 Å². The van der Waals surface area contributed by atoms with Crippen molar-refractivity contribution in [2.75, 3.05) is 38.2 Å². The van der Waals surface area contributed by atoms with Crippen LogP contribution in [0.3, 0.4) is 0 Å². The number of rotatable bonds is 4. The number of H-pyrrole nitrogens is 1. The quantitative estimate of drug-likeness (QED) is 0.802. The number of piperazine rings is 1. The third-order valence-electron chi connectivity index (χ3n) is 4.71. The zero-order chi connectivity index (χ0) is 16.4. The Morgan fingerprint density at radius 3 is 2.75 bits per heavy atom. The molecular weight excluding hydrogens is 300 g/mol. The number of para-hydroxylation sites is 2. The van der Waals surface area contributed by atoms with Crippen LogP contribution in [0.15, 0.2) is 48.7 Å². The first-order chi connectivity index (χ1) is 11.8. The largest absolute Gasteiger partial charge is 0.495 e. The van der Waals surface area contributed by atoms with E-state index >= 15 is 0 Å². The predicted octanol–water partition coefficient (Wildman–Crippen LogP) is 2.89. The van der Waals surface area contributed by atoms with Crippen molar-refractivity contribution >= 4 is 16.6 Å². The fraction of sp³-hybridized carbons (Fsp3) is 0.316. The minimum Gasteiger partial charge on any atom is -0.495 e. The van der Waals surface area contributed by atoms with E-state index in [2.05, 4.69) is 50.3 Å². The second-order valence-corrected chi connectivity index (χ2v) is 6.23.